The molecule has 1 aromatic rings. The van der Waals surface area contributed by atoms with E-state index in [0.717, 1.165) is 24.2 Å². The largest absolute Gasteiger partial charge is 0.395 e. The number of nitrogens with zero attached hydrogens (tertiary/aromatic N) is 1. The average molecular weight is 280 g/mol. The molecule has 0 atom stereocenters. The maximum absolute atomic E-state index is 12.5. The van der Waals surface area contributed by atoms with Gasteiger partial charge in [-0.05, 0) is 31.0 Å². The highest BCUT2D eigenvalue weighted by molar-refractivity contribution is 5.99. The number of anilines is 1. The Morgan fingerprint density at radius 1 is 1.25 bits per heavy atom. The topological polar surface area (TPSA) is 72.8 Å². The van der Waals surface area contributed by atoms with E-state index in [1.807, 2.05) is 19.1 Å². The van der Waals surface area contributed by atoms with Crippen LogP contribution in [0.3, 0.4) is 0 Å². The van der Waals surface area contributed by atoms with Crippen LogP contribution in [-0.4, -0.2) is 53.9 Å². The third-order valence-electron chi connectivity index (χ3n) is 3.00. The first-order valence-electron chi connectivity index (χ1n) is 6.99. The SMILES string of the molecule is CCCNc1cc(C)ccc1C(=O)N(CCO)CCO. The first-order valence-corrected chi connectivity index (χ1v) is 6.99. The number of carbonyl (C=O) groups is 1. The predicted octanol–water partition coefficient (Wildman–Crippen LogP) is 1.24. The predicted molar refractivity (Wildman–Crippen MR) is 80.0 cm³/mol. The number of amides is 1. The summed E-state index contributed by atoms with van der Waals surface area (Å²) in [5, 5.41) is 21.3. The summed E-state index contributed by atoms with van der Waals surface area (Å²) in [6.45, 7) is 5.05. The Morgan fingerprint density at radius 3 is 2.45 bits per heavy atom. The molecule has 0 aliphatic rings. The molecule has 0 spiro atoms. The fourth-order valence-electron chi connectivity index (χ4n) is 1.98. The summed E-state index contributed by atoms with van der Waals surface area (Å²) in [7, 11) is 0. The second kappa shape index (κ2) is 8.55. The van der Waals surface area contributed by atoms with Gasteiger partial charge in [0.1, 0.15) is 0 Å². The number of hydrogen-bond acceptors (Lipinski definition) is 4. The van der Waals surface area contributed by atoms with Crippen LogP contribution in [0.2, 0.25) is 0 Å². The quantitative estimate of drug-likeness (QED) is 0.670. The van der Waals surface area contributed by atoms with Crippen LogP contribution in [0.5, 0.6) is 0 Å². The van der Waals surface area contributed by atoms with Crippen LogP contribution in [-0.2, 0) is 0 Å². The summed E-state index contributed by atoms with van der Waals surface area (Å²) in [5.74, 6) is -0.174. The van der Waals surface area contributed by atoms with Crippen molar-refractivity contribution < 1.29 is 15.0 Å². The number of aliphatic hydroxyl groups excluding tert-OH is 2. The van der Waals surface area contributed by atoms with Gasteiger partial charge in [0.2, 0.25) is 0 Å². The highest BCUT2D eigenvalue weighted by Gasteiger charge is 2.18. The Balaban J connectivity index is 2.99. The van der Waals surface area contributed by atoms with Crippen molar-refractivity contribution in [3.63, 3.8) is 0 Å². The minimum Gasteiger partial charge on any atom is -0.395 e. The molecule has 0 heterocycles. The Labute approximate surface area is 120 Å². The van der Waals surface area contributed by atoms with E-state index in [9.17, 15) is 4.79 Å². The maximum atomic E-state index is 12.5. The van der Waals surface area contributed by atoms with E-state index < -0.39 is 0 Å². The second-order valence-corrected chi connectivity index (χ2v) is 4.72. The first-order chi connectivity index (χ1) is 9.63. The molecule has 20 heavy (non-hydrogen) atoms. The number of carbonyl (C=O) groups excluding carboxylic acids is 1. The van der Waals surface area contributed by atoms with Crippen LogP contribution in [0.25, 0.3) is 0 Å². The molecule has 0 fully saturated rings. The Kier molecular flexibility index (Phi) is 7.04. The van der Waals surface area contributed by atoms with E-state index in [1.54, 1.807) is 6.07 Å². The van der Waals surface area contributed by atoms with E-state index in [-0.39, 0.29) is 32.2 Å². The number of hydrogen-bond donors (Lipinski definition) is 3. The van der Waals surface area contributed by atoms with Crippen molar-refractivity contribution in [1.29, 1.82) is 0 Å². The minimum atomic E-state index is -0.174. The van der Waals surface area contributed by atoms with Gasteiger partial charge in [0, 0.05) is 25.3 Å². The van der Waals surface area contributed by atoms with Gasteiger partial charge in [0.15, 0.2) is 0 Å². The fraction of sp³-hybridized carbons (Fsp3) is 0.533. The highest BCUT2D eigenvalue weighted by atomic mass is 16.3. The summed E-state index contributed by atoms with van der Waals surface area (Å²) in [4.78, 5) is 13.9. The van der Waals surface area contributed by atoms with Gasteiger partial charge < -0.3 is 20.4 Å². The van der Waals surface area contributed by atoms with Crippen LogP contribution in [0.4, 0.5) is 5.69 Å². The Morgan fingerprint density at radius 2 is 1.90 bits per heavy atom. The van der Waals surface area contributed by atoms with Gasteiger partial charge in [0.25, 0.3) is 5.91 Å². The molecule has 1 rings (SSSR count). The smallest absolute Gasteiger partial charge is 0.256 e. The molecule has 0 saturated carbocycles. The summed E-state index contributed by atoms with van der Waals surface area (Å²) >= 11 is 0. The van der Waals surface area contributed by atoms with E-state index in [4.69, 9.17) is 10.2 Å². The van der Waals surface area contributed by atoms with Crippen LogP contribution in [0.15, 0.2) is 18.2 Å². The van der Waals surface area contributed by atoms with Crippen LogP contribution >= 0.6 is 0 Å². The molecule has 1 amide bonds. The first kappa shape index (κ1) is 16.5. The van der Waals surface area contributed by atoms with Crippen LogP contribution in [0.1, 0.15) is 29.3 Å². The summed E-state index contributed by atoms with van der Waals surface area (Å²) in [6, 6.07) is 5.62. The molecular weight excluding hydrogens is 256 g/mol. The number of rotatable bonds is 8. The number of aryl methyl sites for hydroxylation is 1. The molecule has 0 aliphatic carbocycles. The lowest BCUT2D eigenvalue weighted by Crippen LogP contribution is -2.36. The molecule has 1 aromatic carbocycles. The lowest BCUT2D eigenvalue weighted by molar-refractivity contribution is 0.0685. The van der Waals surface area contributed by atoms with Crippen molar-refractivity contribution in [2.75, 3.05) is 38.2 Å². The lowest BCUT2D eigenvalue weighted by atomic mass is 10.1. The van der Waals surface area contributed by atoms with Gasteiger partial charge >= 0.3 is 0 Å². The Hall–Kier alpha value is -1.59. The normalized spacial score (nSPS) is 10.4. The molecule has 0 radical (unpaired) electrons. The summed E-state index contributed by atoms with van der Waals surface area (Å²) in [5.41, 5.74) is 2.46. The standard InChI is InChI=1S/C15H24N2O3/c1-3-6-16-14-11-12(2)4-5-13(14)15(20)17(7-9-18)8-10-19/h4-5,11,16,18-19H,3,6-10H2,1-2H3. The van der Waals surface area contributed by atoms with Crippen molar-refractivity contribution in [3.8, 4) is 0 Å². The van der Waals surface area contributed by atoms with Crippen molar-refractivity contribution in [2.24, 2.45) is 0 Å². The van der Waals surface area contributed by atoms with E-state index >= 15 is 0 Å². The number of benzene rings is 1. The summed E-state index contributed by atoms with van der Waals surface area (Å²) < 4.78 is 0. The van der Waals surface area contributed by atoms with E-state index in [0.29, 0.717) is 5.56 Å². The highest BCUT2D eigenvalue weighted by Crippen LogP contribution is 2.19. The minimum absolute atomic E-state index is 0.116. The van der Waals surface area contributed by atoms with Gasteiger partial charge in [-0.25, -0.2) is 0 Å². The fourth-order valence-corrected chi connectivity index (χ4v) is 1.98. The maximum Gasteiger partial charge on any atom is 0.256 e. The lowest BCUT2D eigenvalue weighted by Gasteiger charge is -2.22. The molecule has 0 aromatic heterocycles. The summed E-state index contributed by atoms with van der Waals surface area (Å²) in [6.07, 6.45) is 0.971. The monoisotopic (exact) mass is 280 g/mol. The molecular formula is C15H24N2O3. The van der Waals surface area contributed by atoms with Crippen molar-refractivity contribution in [3.05, 3.63) is 29.3 Å². The molecule has 0 unspecified atom stereocenters. The van der Waals surface area contributed by atoms with Crippen molar-refractivity contribution in [2.45, 2.75) is 20.3 Å². The van der Waals surface area contributed by atoms with Gasteiger partial charge in [-0.1, -0.05) is 13.0 Å². The third kappa shape index (κ3) is 4.51. The van der Waals surface area contributed by atoms with Crippen molar-refractivity contribution >= 4 is 11.6 Å². The second-order valence-electron chi connectivity index (χ2n) is 4.72. The molecule has 5 heteroatoms. The Bertz CT molecular complexity index is 429. The number of aliphatic hydroxyl groups is 2. The number of nitrogens with one attached hydrogen (secondary N) is 1. The molecule has 112 valence electrons. The molecule has 3 N–H and O–H groups in total. The van der Waals surface area contributed by atoms with Crippen LogP contribution < -0.4 is 5.32 Å². The van der Waals surface area contributed by atoms with E-state index in [2.05, 4.69) is 12.2 Å². The zero-order chi connectivity index (χ0) is 15.0. The average Bonchev–Trinajstić information content (AvgIpc) is 2.44. The van der Waals surface area contributed by atoms with Gasteiger partial charge in [-0.15, -0.1) is 0 Å². The van der Waals surface area contributed by atoms with Crippen molar-refractivity contribution in [1.82, 2.24) is 4.90 Å². The van der Waals surface area contributed by atoms with Gasteiger partial charge in [-0.2, -0.15) is 0 Å². The van der Waals surface area contributed by atoms with Gasteiger partial charge in [-0.3, -0.25) is 4.79 Å². The molecule has 0 aliphatic heterocycles. The molecule has 0 saturated heterocycles. The third-order valence-corrected chi connectivity index (χ3v) is 3.00. The van der Waals surface area contributed by atoms with Crippen LogP contribution in [0, 0.1) is 6.92 Å². The zero-order valence-corrected chi connectivity index (χ0v) is 12.2. The molecule has 0 bridgehead atoms. The zero-order valence-electron chi connectivity index (χ0n) is 12.2. The molecule has 5 nitrogen and oxygen atoms in total. The van der Waals surface area contributed by atoms with Gasteiger partial charge in [0.05, 0.1) is 18.8 Å². The van der Waals surface area contributed by atoms with E-state index in [1.165, 1.54) is 4.90 Å².